The molecule has 0 atom stereocenters. The van der Waals surface area contributed by atoms with Crippen LogP contribution in [0.1, 0.15) is 22.4 Å². The lowest BCUT2D eigenvalue weighted by atomic mass is 10.1. The molecule has 1 aromatic carbocycles. The van der Waals surface area contributed by atoms with E-state index in [0.29, 0.717) is 11.3 Å². The van der Waals surface area contributed by atoms with Gasteiger partial charge >= 0.3 is 6.18 Å². The van der Waals surface area contributed by atoms with Gasteiger partial charge in [0.1, 0.15) is 0 Å². The Bertz CT molecular complexity index is 1180. The summed E-state index contributed by atoms with van der Waals surface area (Å²) in [7, 11) is 0. The summed E-state index contributed by atoms with van der Waals surface area (Å²) in [5.74, 6) is 0. The molecule has 4 aromatic rings. The molecule has 0 amide bonds. The monoisotopic (exact) mass is 382 g/mol. The van der Waals surface area contributed by atoms with Gasteiger partial charge in [-0.25, -0.2) is 9.67 Å². The second-order valence-corrected chi connectivity index (χ2v) is 6.76. The fourth-order valence-corrected chi connectivity index (χ4v) is 3.21. The molecule has 4 rings (SSSR count). The van der Waals surface area contributed by atoms with E-state index in [4.69, 9.17) is 0 Å². The minimum Gasteiger partial charge on any atom is -0.264 e. The van der Waals surface area contributed by atoms with Crippen LogP contribution in [-0.4, -0.2) is 19.7 Å². The average molecular weight is 382 g/mol. The Morgan fingerprint density at radius 3 is 2.39 bits per heavy atom. The summed E-state index contributed by atoms with van der Waals surface area (Å²) in [4.78, 5) is 8.53. The highest BCUT2D eigenvalue weighted by atomic mass is 19.4. The predicted molar refractivity (Wildman–Crippen MR) is 101 cm³/mol. The van der Waals surface area contributed by atoms with Crippen molar-refractivity contribution in [3.63, 3.8) is 0 Å². The van der Waals surface area contributed by atoms with Gasteiger partial charge < -0.3 is 0 Å². The number of alkyl halides is 3. The second-order valence-electron chi connectivity index (χ2n) is 6.76. The lowest BCUT2D eigenvalue weighted by Crippen LogP contribution is -2.08. The largest absolute Gasteiger partial charge is 0.417 e. The molecule has 0 saturated heterocycles. The van der Waals surface area contributed by atoms with Crippen molar-refractivity contribution in [1.82, 2.24) is 19.7 Å². The van der Waals surface area contributed by atoms with Gasteiger partial charge in [-0.3, -0.25) is 4.98 Å². The summed E-state index contributed by atoms with van der Waals surface area (Å²) in [6.07, 6.45) is -1.46. The van der Waals surface area contributed by atoms with Crippen molar-refractivity contribution >= 4 is 11.0 Å². The van der Waals surface area contributed by atoms with E-state index in [1.165, 1.54) is 10.9 Å². The third-order valence-electron chi connectivity index (χ3n) is 4.81. The molecule has 0 bridgehead atoms. The minimum absolute atomic E-state index is 0.0124. The summed E-state index contributed by atoms with van der Waals surface area (Å²) < 4.78 is 43.0. The van der Waals surface area contributed by atoms with E-state index in [1.54, 1.807) is 25.3 Å². The van der Waals surface area contributed by atoms with Crippen LogP contribution in [0.3, 0.4) is 0 Å². The Hall–Kier alpha value is -3.22. The number of pyridine rings is 2. The number of aryl methyl sites for hydroxylation is 3. The molecular formula is C21H17F3N4. The van der Waals surface area contributed by atoms with E-state index < -0.39 is 11.7 Å². The third-order valence-corrected chi connectivity index (χ3v) is 4.81. The molecule has 3 heterocycles. The number of hydrogen-bond donors (Lipinski definition) is 0. The van der Waals surface area contributed by atoms with E-state index in [9.17, 15) is 13.2 Å². The van der Waals surface area contributed by atoms with Crippen LogP contribution in [-0.2, 0) is 6.18 Å². The highest BCUT2D eigenvalue weighted by Gasteiger charge is 2.35. The predicted octanol–water partition coefficient (Wildman–Crippen LogP) is 5.43. The van der Waals surface area contributed by atoms with Gasteiger partial charge in [0.05, 0.1) is 28.0 Å². The molecule has 0 saturated carbocycles. The van der Waals surface area contributed by atoms with Crippen molar-refractivity contribution in [1.29, 1.82) is 0 Å². The molecule has 142 valence electrons. The fraction of sp³-hybridized carbons (Fsp3) is 0.190. The molecule has 3 aromatic heterocycles. The van der Waals surface area contributed by atoms with Crippen molar-refractivity contribution in [3.05, 3.63) is 71.2 Å². The van der Waals surface area contributed by atoms with Crippen LogP contribution in [0.15, 0.2) is 48.8 Å². The maximum Gasteiger partial charge on any atom is 0.417 e. The van der Waals surface area contributed by atoms with E-state index >= 15 is 0 Å². The van der Waals surface area contributed by atoms with Gasteiger partial charge in [0, 0.05) is 18.0 Å². The summed E-state index contributed by atoms with van der Waals surface area (Å²) in [6, 6.07) is 10.1. The maximum atomic E-state index is 13.8. The lowest BCUT2D eigenvalue weighted by molar-refractivity contribution is -0.136. The van der Waals surface area contributed by atoms with Gasteiger partial charge in [0.25, 0.3) is 0 Å². The number of rotatable bonds is 2. The molecule has 0 aliphatic carbocycles. The molecular weight excluding hydrogens is 365 g/mol. The highest BCUT2D eigenvalue weighted by molar-refractivity contribution is 5.86. The Morgan fingerprint density at radius 2 is 1.75 bits per heavy atom. The molecule has 28 heavy (non-hydrogen) atoms. The summed E-state index contributed by atoms with van der Waals surface area (Å²) in [6.45, 7) is 5.50. The Balaban J connectivity index is 2.07. The Kier molecular flexibility index (Phi) is 4.18. The first-order valence-corrected chi connectivity index (χ1v) is 8.71. The first kappa shape index (κ1) is 18.2. The SMILES string of the molecule is Cc1ccc(-n2nc(C)c3c(C(F)(F)F)cc(-c4cccnc4)nc32)cc1C. The standard InChI is InChI=1S/C21H17F3N4/c1-12-6-7-16(9-13(12)2)28-20-19(14(3)27-28)17(21(22,23)24)10-18(26-20)15-5-4-8-25-11-15/h4-11H,1-3H3. The Morgan fingerprint density at radius 1 is 0.964 bits per heavy atom. The van der Waals surface area contributed by atoms with Gasteiger partial charge in [-0.2, -0.15) is 18.3 Å². The zero-order chi connectivity index (χ0) is 20.1. The second kappa shape index (κ2) is 6.44. The number of halogens is 3. The van der Waals surface area contributed by atoms with Crippen molar-refractivity contribution in [2.75, 3.05) is 0 Å². The summed E-state index contributed by atoms with van der Waals surface area (Å²) >= 11 is 0. The van der Waals surface area contributed by atoms with Crippen molar-refractivity contribution < 1.29 is 13.2 Å². The summed E-state index contributed by atoms with van der Waals surface area (Å²) in [5.41, 5.74) is 3.22. The van der Waals surface area contributed by atoms with Crippen molar-refractivity contribution in [2.24, 2.45) is 0 Å². The number of fused-ring (bicyclic) bond motifs is 1. The number of nitrogens with zero attached hydrogens (tertiary/aromatic N) is 4. The molecule has 0 radical (unpaired) electrons. The first-order valence-electron chi connectivity index (χ1n) is 8.71. The fourth-order valence-electron chi connectivity index (χ4n) is 3.21. The van der Waals surface area contributed by atoms with Crippen LogP contribution in [0, 0.1) is 20.8 Å². The molecule has 0 fully saturated rings. The Labute approximate surface area is 159 Å². The van der Waals surface area contributed by atoms with Crippen molar-refractivity contribution in [3.8, 4) is 16.9 Å². The maximum absolute atomic E-state index is 13.8. The number of hydrogen-bond acceptors (Lipinski definition) is 3. The van der Waals surface area contributed by atoms with Crippen molar-refractivity contribution in [2.45, 2.75) is 26.9 Å². The van der Waals surface area contributed by atoms with E-state index in [2.05, 4.69) is 15.1 Å². The molecule has 0 N–H and O–H groups in total. The van der Waals surface area contributed by atoms with Gasteiger partial charge in [-0.05, 0) is 62.2 Å². The minimum atomic E-state index is -4.53. The zero-order valence-electron chi connectivity index (χ0n) is 15.5. The van der Waals surface area contributed by atoms with Gasteiger partial charge in [0.15, 0.2) is 5.65 Å². The molecule has 4 nitrogen and oxygen atoms in total. The van der Waals surface area contributed by atoms with Crippen LogP contribution < -0.4 is 0 Å². The van der Waals surface area contributed by atoms with E-state index in [-0.39, 0.29) is 22.4 Å². The van der Waals surface area contributed by atoms with Crippen LogP contribution in [0.2, 0.25) is 0 Å². The first-order chi connectivity index (χ1) is 13.3. The van der Waals surface area contributed by atoms with Gasteiger partial charge in [-0.1, -0.05) is 6.07 Å². The molecule has 0 aliphatic heterocycles. The lowest BCUT2D eigenvalue weighted by Gasteiger charge is -2.12. The molecule has 0 aliphatic rings. The van der Waals surface area contributed by atoms with Gasteiger partial charge in [-0.15, -0.1) is 0 Å². The summed E-state index contributed by atoms with van der Waals surface area (Å²) in [5, 5.41) is 4.39. The number of aromatic nitrogens is 4. The zero-order valence-corrected chi connectivity index (χ0v) is 15.5. The quantitative estimate of drug-likeness (QED) is 0.465. The van der Waals surface area contributed by atoms with E-state index in [0.717, 1.165) is 17.2 Å². The van der Waals surface area contributed by atoms with Crippen LogP contribution in [0.25, 0.3) is 28.0 Å². The van der Waals surface area contributed by atoms with E-state index in [1.807, 2.05) is 32.0 Å². The normalized spacial score (nSPS) is 11.9. The molecule has 0 spiro atoms. The molecule has 0 unspecified atom stereocenters. The van der Waals surface area contributed by atoms with Gasteiger partial charge in [0.2, 0.25) is 0 Å². The smallest absolute Gasteiger partial charge is 0.264 e. The van der Waals surface area contributed by atoms with Crippen LogP contribution >= 0.6 is 0 Å². The number of benzene rings is 1. The van der Waals surface area contributed by atoms with Crippen LogP contribution in [0.4, 0.5) is 13.2 Å². The average Bonchev–Trinajstić information content (AvgIpc) is 3.00. The molecule has 7 heteroatoms. The third kappa shape index (κ3) is 3.02. The highest BCUT2D eigenvalue weighted by Crippen LogP contribution is 2.38. The van der Waals surface area contributed by atoms with Crippen LogP contribution in [0.5, 0.6) is 0 Å². The topological polar surface area (TPSA) is 43.6 Å².